The molecule has 0 spiro atoms. The SMILES string of the molecule is CCCCN(C)C(=NC)NCCc1cc(OC)ccc1OC. The summed E-state index contributed by atoms with van der Waals surface area (Å²) in [5.41, 5.74) is 1.13. The van der Waals surface area contributed by atoms with Crippen LogP contribution < -0.4 is 14.8 Å². The summed E-state index contributed by atoms with van der Waals surface area (Å²) in [6.07, 6.45) is 3.20. The monoisotopic (exact) mass is 307 g/mol. The zero-order valence-corrected chi connectivity index (χ0v) is 14.5. The summed E-state index contributed by atoms with van der Waals surface area (Å²) in [7, 11) is 7.25. The summed E-state index contributed by atoms with van der Waals surface area (Å²) in [4.78, 5) is 6.48. The van der Waals surface area contributed by atoms with Crippen LogP contribution >= 0.6 is 0 Å². The highest BCUT2D eigenvalue weighted by atomic mass is 16.5. The number of guanidine groups is 1. The molecule has 1 N–H and O–H groups in total. The minimum absolute atomic E-state index is 0.798. The zero-order valence-electron chi connectivity index (χ0n) is 14.5. The number of unbranched alkanes of at least 4 members (excludes halogenated alkanes) is 1. The van der Waals surface area contributed by atoms with Crippen molar-refractivity contribution in [2.75, 3.05) is 41.4 Å². The van der Waals surface area contributed by atoms with Crippen LogP contribution in [-0.2, 0) is 6.42 Å². The topological polar surface area (TPSA) is 46.1 Å². The number of ether oxygens (including phenoxy) is 2. The Hall–Kier alpha value is -1.91. The second kappa shape index (κ2) is 9.92. The number of nitrogens with one attached hydrogen (secondary N) is 1. The van der Waals surface area contributed by atoms with Gasteiger partial charge in [0.05, 0.1) is 14.2 Å². The van der Waals surface area contributed by atoms with Crippen molar-refractivity contribution < 1.29 is 9.47 Å². The van der Waals surface area contributed by atoms with Gasteiger partial charge in [-0.1, -0.05) is 13.3 Å². The molecule has 0 aliphatic rings. The maximum absolute atomic E-state index is 5.41. The van der Waals surface area contributed by atoms with Crippen molar-refractivity contribution in [2.45, 2.75) is 26.2 Å². The van der Waals surface area contributed by atoms with Crippen LogP contribution in [0.25, 0.3) is 0 Å². The minimum Gasteiger partial charge on any atom is -0.497 e. The van der Waals surface area contributed by atoms with Gasteiger partial charge < -0.3 is 19.7 Å². The summed E-state index contributed by atoms with van der Waals surface area (Å²) in [5.74, 6) is 2.66. The van der Waals surface area contributed by atoms with E-state index in [-0.39, 0.29) is 0 Å². The molecule has 0 aromatic heterocycles. The number of hydrogen-bond acceptors (Lipinski definition) is 3. The molecule has 124 valence electrons. The minimum atomic E-state index is 0.798. The summed E-state index contributed by atoms with van der Waals surface area (Å²) >= 11 is 0. The van der Waals surface area contributed by atoms with Gasteiger partial charge >= 0.3 is 0 Å². The second-order valence-electron chi connectivity index (χ2n) is 5.18. The molecule has 1 aromatic rings. The Bertz CT molecular complexity index is 475. The lowest BCUT2D eigenvalue weighted by atomic mass is 10.1. The molecule has 1 aromatic carbocycles. The number of rotatable bonds is 8. The fourth-order valence-electron chi connectivity index (χ4n) is 2.27. The average molecular weight is 307 g/mol. The van der Waals surface area contributed by atoms with E-state index >= 15 is 0 Å². The van der Waals surface area contributed by atoms with Gasteiger partial charge in [0.2, 0.25) is 0 Å². The molecule has 0 aliphatic carbocycles. The Morgan fingerprint density at radius 2 is 2.05 bits per heavy atom. The Kier molecular flexibility index (Phi) is 8.18. The molecule has 22 heavy (non-hydrogen) atoms. The van der Waals surface area contributed by atoms with Crippen LogP contribution in [0.4, 0.5) is 0 Å². The fraction of sp³-hybridized carbons (Fsp3) is 0.588. The van der Waals surface area contributed by atoms with Crippen LogP contribution in [0.1, 0.15) is 25.3 Å². The predicted octanol–water partition coefficient (Wildman–Crippen LogP) is 2.55. The highest BCUT2D eigenvalue weighted by molar-refractivity contribution is 5.79. The van der Waals surface area contributed by atoms with E-state index in [9.17, 15) is 0 Å². The maximum Gasteiger partial charge on any atom is 0.193 e. The molecule has 0 saturated carbocycles. The van der Waals surface area contributed by atoms with Gasteiger partial charge in [0, 0.05) is 27.2 Å². The molecule has 0 saturated heterocycles. The number of hydrogen-bond donors (Lipinski definition) is 1. The van der Waals surface area contributed by atoms with E-state index in [2.05, 4.69) is 29.2 Å². The van der Waals surface area contributed by atoms with E-state index in [4.69, 9.17) is 9.47 Å². The molecule has 0 radical (unpaired) electrons. The Balaban J connectivity index is 2.58. The first kappa shape index (κ1) is 18.1. The number of aliphatic imine (C=N–C) groups is 1. The summed E-state index contributed by atoms with van der Waals surface area (Å²) in [6, 6.07) is 5.87. The standard InChI is InChI=1S/C17H29N3O2/c1-6-7-12-20(3)17(18-2)19-11-10-14-13-15(21-4)8-9-16(14)22-5/h8-9,13H,6-7,10-12H2,1-5H3,(H,18,19). The van der Waals surface area contributed by atoms with E-state index in [1.54, 1.807) is 14.2 Å². The molecule has 5 nitrogen and oxygen atoms in total. The molecule has 0 amide bonds. The third kappa shape index (κ3) is 5.47. The van der Waals surface area contributed by atoms with Crippen molar-refractivity contribution >= 4 is 5.96 Å². The zero-order chi connectivity index (χ0) is 16.4. The number of benzene rings is 1. The largest absolute Gasteiger partial charge is 0.497 e. The van der Waals surface area contributed by atoms with Gasteiger partial charge in [0.25, 0.3) is 0 Å². The number of nitrogens with zero attached hydrogens (tertiary/aromatic N) is 2. The second-order valence-corrected chi connectivity index (χ2v) is 5.18. The van der Waals surface area contributed by atoms with E-state index in [0.29, 0.717) is 0 Å². The average Bonchev–Trinajstić information content (AvgIpc) is 2.56. The van der Waals surface area contributed by atoms with Crippen LogP contribution in [0.3, 0.4) is 0 Å². The molecule has 0 aliphatic heterocycles. The van der Waals surface area contributed by atoms with Crippen LogP contribution in [0, 0.1) is 0 Å². The van der Waals surface area contributed by atoms with Crippen molar-refractivity contribution in [3.05, 3.63) is 23.8 Å². The van der Waals surface area contributed by atoms with E-state index in [0.717, 1.165) is 42.5 Å². The quantitative estimate of drug-likeness (QED) is 0.592. The molecule has 1 rings (SSSR count). The molecule has 0 fully saturated rings. The summed E-state index contributed by atoms with van der Waals surface area (Å²) in [5, 5.41) is 3.39. The van der Waals surface area contributed by atoms with Gasteiger partial charge in [-0.25, -0.2) is 0 Å². The first-order valence-electron chi connectivity index (χ1n) is 7.78. The summed E-state index contributed by atoms with van der Waals surface area (Å²) in [6.45, 7) is 4.00. The van der Waals surface area contributed by atoms with Gasteiger partial charge in [-0.2, -0.15) is 0 Å². The third-order valence-electron chi connectivity index (χ3n) is 3.59. The Morgan fingerprint density at radius 3 is 2.64 bits per heavy atom. The lowest BCUT2D eigenvalue weighted by molar-refractivity contribution is 0.398. The highest BCUT2D eigenvalue weighted by Gasteiger charge is 2.07. The highest BCUT2D eigenvalue weighted by Crippen LogP contribution is 2.24. The van der Waals surface area contributed by atoms with E-state index in [1.807, 2.05) is 25.2 Å². The normalized spacial score (nSPS) is 11.2. The van der Waals surface area contributed by atoms with Gasteiger partial charge in [0.1, 0.15) is 11.5 Å². The molecule has 0 heterocycles. The predicted molar refractivity (Wildman–Crippen MR) is 92.1 cm³/mol. The first-order valence-corrected chi connectivity index (χ1v) is 7.78. The lowest BCUT2D eigenvalue weighted by Gasteiger charge is -2.22. The Labute approximate surface area is 134 Å². The van der Waals surface area contributed by atoms with Crippen molar-refractivity contribution in [1.82, 2.24) is 10.2 Å². The summed E-state index contributed by atoms with van der Waals surface area (Å²) < 4.78 is 10.7. The van der Waals surface area contributed by atoms with Crippen molar-refractivity contribution in [1.29, 1.82) is 0 Å². The van der Waals surface area contributed by atoms with E-state index < -0.39 is 0 Å². The molecular weight excluding hydrogens is 278 g/mol. The molecule has 0 atom stereocenters. The van der Waals surface area contributed by atoms with Crippen molar-refractivity contribution in [2.24, 2.45) is 4.99 Å². The molecule has 0 bridgehead atoms. The molecule has 5 heteroatoms. The smallest absolute Gasteiger partial charge is 0.193 e. The van der Waals surface area contributed by atoms with Crippen molar-refractivity contribution in [3.63, 3.8) is 0 Å². The van der Waals surface area contributed by atoms with Crippen LogP contribution in [0.5, 0.6) is 11.5 Å². The third-order valence-corrected chi connectivity index (χ3v) is 3.59. The van der Waals surface area contributed by atoms with Gasteiger partial charge in [-0.15, -0.1) is 0 Å². The van der Waals surface area contributed by atoms with E-state index in [1.165, 1.54) is 12.8 Å². The lowest BCUT2D eigenvalue weighted by Crippen LogP contribution is -2.40. The van der Waals surface area contributed by atoms with Crippen molar-refractivity contribution in [3.8, 4) is 11.5 Å². The van der Waals surface area contributed by atoms with Crippen LogP contribution in [0.2, 0.25) is 0 Å². The molecule has 0 unspecified atom stereocenters. The van der Waals surface area contributed by atoms with Crippen LogP contribution in [-0.4, -0.2) is 52.3 Å². The Morgan fingerprint density at radius 1 is 1.27 bits per heavy atom. The van der Waals surface area contributed by atoms with Gasteiger partial charge in [0.15, 0.2) is 5.96 Å². The van der Waals surface area contributed by atoms with Gasteiger partial charge in [-0.3, -0.25) is 4.99 Å². The van der Waals surface area contributed by atoms with Gasteiger partial charge in [-0.05, 0) is 36.6 Å². The van der Waals surface area contributed by atoms with Crippen LogP contribution in [0.15, 0.2) is 23.2 Å². The maximum atomic E-state index is 5.41. The fourth-order valence-corrected chi connectivity index (χ4v) is 2.27. The molecular formula is C17H29N3O2. The number of methoxy groups -OCH3 is 2. The first-order chi connectivity index (χ1) is 10.7.